The molecular formula is C28H56N2OS2. The van der Waals surface area contributed by atoms with E-state index in [-0.39, 0.29) is 5.91 Å². The molecule has 5 heteroatoms. The molecule has 196 valence electrons. The van der Waals surface area contributed by atoms with Crippen molar-refractivity contribution >= 4 is 27.5 Å². The molecular weight excluding hydrogens is 444 g/mol. The Balaban J connectivity index is 1.65. The minimum atomic E-state index is 0.280. The second-order valence-corrected chi connectivity index (χ2v) is 12.8. The van der Waals surface area contributed by atoms with Crippen LogP contribution in [0.3, 0.4) is 0 Å². The SMILES string of the molecule is NCCCCCCCCCCCSSCCCCCCCCCCC(=O)NCC1CCCC1. The van der Waals surface area contributed by atoms with Gasteiger partial charge in [-0.05, 0) is 51.0 Å². The van der Waals surface area contributed by atoms with Crippen LogP contribution < -0.4 is 11.1 Å². The van der Waals surface area contributed by atoms with E-state index in [9.17, 15) is 4.79 Å². The number of nitrogens with one attached hydrogen (secondary N) is 1. The predicted octanol–water partition coefficient (Wildman–Crippen LogP) is 8.65. The first-order chi connectivity index (χ1) is 16.3. The maximum absolute atomic E-state index is 11.9. The zero-order valence-corrected chi connectivity index (χ0v) is 23.4. The van der Waals surface area contributed by atoms with Crippen molar-refractivity contribution in [3.05, 3.63) is 0 Å². The van der Waals surface area contributed by atoms with Gasteiger partial charge in [-0.1, -0.05) is 118 Å². The average Bonchev–Trinajstić information content (AvgIpc) is 3.35. The largest absolute Gasteiger partial charge is 0.356 e. The minimum absolute atomic E-state index is 0.280. The van der Waals surface area contributed by atoms with Gasteiger partial charge in [-0.3, -0.25) is 4.79 Å². The number of unbranched alkanes of at least 4 members (excludes halogenated alkanes) is 15. The fraction of sp³-hybridized carbons (Fsp3) is 0.964. The topological polar surface area (TPSA) is 55.1 Å². The fourth-order valence-corrected chi connectivity index (χ4v) is 7.02. The lowest BCUT2D eigenvalue weighted by atomic mass is 10.1. The van der Waals surface area contributed by atoms with E-state index in [0.717, 1.165) is 31.8 Å². The summed E-state index contributed by atoms with van der Waals surface area (Å²) in [6, 6.07) is 0. The summed E-state index contributed by atoms with van der Waals surface area (Å²) in [5.41, 5.74) is 5.53. The van der Waals surface area contributed by atoms with Crippen molar-refractivity contribution in [2.75, 3.05) is 24.6 Å². The van der Waals surface area contributed by atoms with Gasteiger partial charge in [-0.25, -0.2) is 0 Å². The summed E-state index contributed by atoms with van der Waals surface area (Å²) in [6.07, 6.45) is 28.9. The Labute approximate surface area is 214 Å². The Morgan fingerprint density at radius 2 is 1.06 bits per heavy atom. The van der Waals surface area contributed by atoms with Crippen LogP contribution in [0.15, 0.2) is 0 Å². The van der Waals surface area contributed by atoms with Crippen LogP contribution in [0.5, 0.6) is 0 Å². The lowest BCUT2D eigenvalue weighted by Gasteiger charge is -2.10. The molecule has 0 saturated heterocycles. The third-order valence-electron chi connectivity index (χ3n) is 6.96. The van der Waals surface area contributed by atoms with Gasteiger partial charge >= 0.3 is 0 Å². The van der Waals surface area contributed by atoms with E-state index in [1.807, 2.05) is 0 Å². The molecule has 33 heavy (non-hydrogen) atoms. The highest BCUT2D eigenvalue weighted by Gasteiger charge is 2.15. The maximum atomic E-state index is 11.9. The van der Waals surface area contributed by atoms with E-state index in [4.69, 9.17) is 5.73 Å². The molecule has 1 aliphatic rings. The van der Waals surface area contributed by atoms with Gasteiger partial charge < -0.3 is 11.1 Å². The normalized spacial score (nSPS) is 14.2. The zero-order chi connectivity index (χ0) is 23.7. The van der Waals surface area contributed by atoms with Crippen LogP contribution in [0.25, 0.3) is 0 Å². The van der Waals surface area contributed by atoms with E-state index in [1.54, 1.807) is 0 Å². The van der Waals surface area contributed by atoms with Gasteiger partial charge in [0.15, 0.2) is 0 Å². The molecule has 0 heterocycles. The molecule has 3 nitrogen and oxygen atoms in total. The molecule has 0 atom stereocenters. The summed E-state index contributed by atoms with van der Waals surface area (Å²) >= 11 is 0. The summed E-state index contributed by atoms with van der Waals surface area (Å²) in [4.78, 5) is 11.9. The smallest absolute Gasteiger partial charge is 0.220 e. The number of amides is 1. The number of rotatable bonds is 25. The van der Waals surface area contributed by atoms with Crippen LogP contribution in [0.2, 0.25) is 0 Å². The minimum Gasteiger partial charge on any atom is -0.356 e. The molecule has 0 aromatic rings. The van der Waals surface area contributed by atoms with Gasteiger partial charge in [-0.15, -0.1) is 0 Å². The zero-order valence-electron chi connectivity index (χ0n) is 21.8. The standard InChI is InChI=1S/C28H56N2OS2/c29-23-17-11-7-3-1-4-8-12-18-24-32-33-25-19-13-9-5-2-6-10-14-22-28(31)30-26-27-20-15-16-21-27/h27H,1-26,29H2,(H,30,31). The van der Waals surface area contributed by atoms with Crippen molar-refractivity contribution in [3.63, 3.8) is 0 Å². The van der Waals surface area contributed by atoms with Gasteiger partial charge in [0.05, 0.1) is 0 Å². The first kappa shape index (κ1) is 31.2. The Hall–Kier alpha value is 0.130. The predicted molar refractivity (Wildman–Crippen MR) is 152 cm³/mol. The third-order valence-corrected chi connectivity index (χ3v) is 9.54. The molecule has 3 N–H and O–H groups in total. The molecule has 0 aromatic heterocycles. The number of nitrogens with two attached hydrogens (primary N) is 1. The molecule has 1 rings (SSSR count). The van der Waals surface area contributed by atoms with Crippen LogP contribution in [0, 0.1) is 5.92 Å². The average molecular weight is 501 g/mol. The van der Waals surface area contributed by atoms with Crippen LogP contribution >= 0.6 is 21.6 Å². The van der Waals surface area contributed by atoms with Crippen LogP contribution in [0.1, 0.15) is 141 Å². The first-order valence-electron chi connectivity index (χ1n) is 14.5. The summed E-state index contributed by atoms with van der Waals surface area (Å²) < 4.78 is 0. The van der Waals surface area contributed by atoms with E-state index in [2.05, 4.69) is 26.9 Å². The number of carbonyl (C=O) groups excluding carboxylic acids is 1. The molecule has 0 radical (unpaired) electrons. The molecule has 1 saturated carbocycles. The lowest BCUT2D eigenvalue weighted by Crippen LogP contribution is -2.27. The molecule has 1 aliphatic carbocycles. The highest BCUT2D eigenvalue weighted by Crippen LogP contribution is 2.25. The third kappa shape index (κ3) is 22.3. The van der Waals surface area contributed by atoms with E-state index >= 15 is 0 Å². The molecule has 0 spiro atoms. The number of carbonyl (C=O) groups is 1. The maximum Gasteiger partial charge on any atom is 0.220 e. The fourth-order valence-electron chi connectivity index (χ4n) is 4.73. The highest BCUT2D eigenvalue weighted by molar-refractivity contribution is 8.76. The molecule has 1 amide bonds. The van der Waals surface area contributed by atoms with Crippen LogP contribution in [-0.4, -0.2) is 30.5 Å². The summed E-state index contributed by atoms with van der Waals surface area (Å²) in [5.74, 6) is 3.69. The Bertz CT molecular complexity index is 417. The highest BCUT2D eigenvalue weighted by atomic mass is 33.1. The second-order valence-electron chi connectivity index (χ2n) is 10.1. The van der Waals surface area contributed by atoms with Crippen molar-refractivity contribution in [1.29, 1.82) is 0 Å². The Kier molecular flexibility index (Phi) is 23.8. The summed E-state index contributed by atoms with van der Waals surface area (Å²) in [5, 5.41) is 3.14. The second kappa shape index (κ2) is 25.2. The van der Waals surface area contributed by atoms with Crippen molar-refractivity contribution in [2.24, 2.45) is 11.7 Å². The lowest BCUT2D eigenvalue weighted by molar-refractivity contribution is -0.121. The number of hydrogen-bond donors (Lipinski definition) is 2. The number of hydrogen-bond acceptors (Lipinski definition) is 4. The Morgan fingerprint density at radius 1 is 0.636 bits per heavy atom. The van der Waals surface area contributed by atoms with E-state index in [0.29, 0.717) is 0 Å². The summed E-state index contributed by atoms with van der Waals surface area (Å²) in [6.45, 7) is 1.78. The van der Waals surface area contributed by atoms with Gasteiger partial charge in [0.1, 0.15) is 0 Å². The quantitative estimate of drug-likeness (QED) is 0.0972. The molecule has 1 fully saturated rings. The van der Waals surface area contributed by atoms with Crippen LogP contribution in [0.4, 0.5) is 0 Å². The first-order valence-corrected chi connectivity index (χ1v) is 17.0. The molecule has 0 unspecified atom stereocenters. The molecule has 0 aromatic carbocycles. The van der Waals surface area contributed by atoms with Gasteiger partial charge in [-0.2, -0.15) is 0 Å². The van der Waals surface area contributed by atoms with Crippen LogP contribution in [-0.2, 0) is 4.79 Å². The van der Waals surface area contributed by atoms with E-state index in [1.165, 1.54) is 140 Å². The van der Waals surface area contributed by atoms with Crippen molar-refractivity contribution < 1.29 is 4.79 Å². The van der Waals surface area contributed by atoms with Crippen molar-refractivity contribution in [3.8, 4) is 0 Å². The Morgan fingerprint density at radius 3 is 1.55 bits per heavy atom. The van der Waals surface area contributed by atoms with Gasteiger partial charge in [0, 0.05) is 24.5 Å². The van der Waals surface area contributed by atoms with E-state index < -0.39 is 0 Å². The monoisotopic (exact) mass is 500 g/mol. The molecule has 0 aliphatic heterocycles. The molecule has 0 bridgehead atoms. The van der Waals surface area contributed by atoms with Gasteiger partial charge in [0.2, 0.25) is 5.91 Å². The summed E-state index contributed by atoms with van der Waals surface area (Å²) in [7, 11) is 4.18. The van der Waals surface area contributed by atoms with Gasteiger partial charge in [0.25, 0.3) is 0 Å². The van der Waals surface area contributed by atoms with Crippen molar-refractivity contribution in [1.82, 2.24) is 5.32 Å². The van der Waals surface area contributed by atoms with Crippen molar-refractivity contribution in [2.45, 2.75) is 141 Å².